The summed E-state index contributed by atoms with van der Waals surface area (Å²) in [5.74, 6) is -2.60. The molecule has 0 saturated carbocycles. The Hall–Kier alpha value is -2.16. The Morgan fingerprint density at radius 1 is 1.59 bits per heavy atom. The Bertz CT molecular complexity index is 457. The number of hydrogen-bond acceptors (Lipinski definition) is 4. The molecular weight excluding hydrogens is 232 g/mol. The van der Waals surface area contributed by atoms with Gasteiger partial charge in [0.1, 0.15) is 0 Å². The van der Waals surface area contributed by atoms with E-state index in [1.807, 2.05) is 0 Å². The van der Waals surface area contributed by atoms with Gasteiger partial charge in [-0.05, 0) is 25.1 Å². The third-order valence-electron chi connectivity index (χ3n) is 1.76. The zero-order valence-electron chi connectivity index (χ0n) is 8.94. The van der Waals surface area contributed by atoms with Crippen LogP contribution in [0.3, 0.4) is 0 Å². The first kappa shape index (κ1) is 12.9. The van der Waals surface area contributed by atoms with E-state index in [0.717, 1.165) is 12.1 Å². The first-order valence-corrected chi connectivity index (χ1v) is 4.75. The second-order valence-corrected chi connectivity index (χ2v) is 2.94. The molecule has 1 unspecified atom stereocenters. The van der Waals surface area contributed by atoms with Crippen LogP contribution in [0.5, 0.6) is 5.75 Å². The van der Waals surface area contributed by atoms with Gasteiger partial charge in [0.2, 0.25) is 0 Å². The summed E-state index contributed by atoms with van der Waals surface area (Å²) in [6.07, 6.45) is -2.39. The van der Waals surface area contributed by atoms with Crippen molar-refractivity contribution in [1.82, 2.24) is 0 Å². The largest absolute Gasteiger partial charge is 0.461 e. The predicted molar refractivity (Wildman–Crippen MR) is 53.3 cm³/mol. The lowest BCUT2D eigenvalue weighted by Gasteiger charge is -2.10. The number of carbonyl (C=O) groups is 1. The van der Waals surface area contributed by atoms with Gasteiger partial charge in [-0.1, -0.05) is 0 Å². The molecule has 0 fully saturated rings. The van der Waals surface area contributed by atoms with Crippen LogP contribution in [0.4, 0.5) is 8.78 Å². The van der Waals surface area contributed by atoms with Gasteiger partial charge in [-0.25, -0.2) is 9.18 Å². The van der Waals surface area contributed by atoms with Crippen LogP contribution in [-0.4, -0.2) is 18.9 Å². The Kier molecular flexibility index (Phi) is 4.40. The lowest BCUT2D eigenvalue weighted by molar-refractivity contribution is -0.160. The van der Waals surface area contributed by atoms with Crippen LogP contribution >= 0.6 is 0 Å². The molecule has 0 N–H and O–H groups in total. The van der Waals surface area contributed by atoms with Crippen LogP contribution in [0.1, 0.15) is 12.5 Å². The summed E-state index contributed by atoms with van der Waals surface area (Å²) in [5, 5.41) is 8.49. The quantitative estimate of drug-likeness (QED) is 0.756. The lowest BCUT2D eigenvalue weighted by Crippen LogP contribution is -2.25. The second-order valence-electron chi connectivity index (χ2n) is 2.94. The van der Waals surface area contributed by atoms with Crippen molar-refractivity contribution >= 4 is 5.97 Å². The van der Waals surface area contributed by atoms with E-state index < -0.39 is 23.9 Å². The molecule has 4 nitrogen and oxygen atoms in total. The Balaban J connectivity index is 2.75. The number of nitriles is 1. The monoisotopic (exact) mass is 241 g/mol. The van der Waals surface area contributed by atoms with Crippen molar-refractivity contribution in [3.8, 4) is 11.8 Å². The normalized spacial score (nSPS) is 11.4. The van der Waals surface area contributed by atoms with Crippen LogP contribution < -0.4 is 4.74 Å². The number of hydrogen-bond donors (Lipinski definition) is 0. The van der Waals surface area contributed by atoms with E-state index in [1.54, 1.807) is 6.07 Å². The molecule has 0 spiro atoms. The van der Waals surface area contributed by atoms with Gasteiger partial charge in [0.05, 0.1) is 18.2 Å². The number of halogens is 2. The summed E-state index contributed by atoms with van der Waals surface area (Å²) < 4.78 is 35.1. The zero-order valence-corrected chi connectivity index (χ0v) is 8.94. The summed E-state index contributed by atoms with van der Waals surface area (Å²) in [4.78, 5) is 10.9. The van der Waals surface area contributed by atoms with Crippen LogP contribution in [-0.2, 0) is 9.53 Å². The highest BCUT2D eigenvalue weighted by atomic mass is 19.1. The number of ether oxygens (including phenoxy) is 2. The third-order valence-corrected chi connectivity index (χ3v) is 1.76. The maximum Gasteiger partial charge on any atom is 0.381 e. The van der Waals surface area contributed by atoms with Crippen LogP contribution in [0.25, 0.3) is 0 Å². The first-order valence-electron chi connectivity index (χ1n) is 4.75. The maximum atomic E-state index is 13.3. The number of esters is 1. The molecular formula is C11H9F2NO3. The van der Waals surface area contributed by atoms with E-state index in [2.05, 4.69) is 9.47 Å². The smallest absolute Gasteiger partial charge is 0.381 e. The van der Waals surface area contributed by atoms with Gasteiger partial charge in [0.25, 0.3) is 0 Å². The van der Waals surface area contributed by atoms with Gasteiger partial charge in [0, 0.05) is 0 Å². The molecule has 0 heterocycles. The van der Waals surface area contributed by atoms with Crippen LogP contribution in [0.2, 0.25) is 0 Å². The Morgan fingerprint density at radius 2 is 2.29 bits per heavy atom. The molecule has 0 saturated heterocycles. The topological polar surface area (TPSA) is 59.3 Å². The van der Waals surface area contributed by atoms with E-state index in [9.17, 15) is 13.6 Å². The molecule has 0 radical (unpaired) electrons. The fraction of sp³-hybridized carbons (Fsp3) is 0.273. The summed E-state index contributed by atoms with van der Waals surface area (Å²) >= 11 is 0. The van der Waals surface area contributed by atoms with Gasteiger partial charge in [-0.3, -0.25) is 0 Å². The molecule has 17 heavy (non-hydrogen) atoms. The molecule has 0 aliphatic heterocycles. The van der Waals surface area contributed by atoms with Crippen molar-refractivity contribution in [3.05, 3.63) is 29.6 Å². The standard InChI is InChI=1S/C11H9F2NO3/c1-2-16-11(15)10(13)17-9-4-3-7(6-14)5-8(9)12/h3-5,10H,2H2,1H3. The van der Waals surface area contributed by atoms with Crippen molar-refractivity contribution in [2.75, 3.05) is 6.61 Å². The number of alkyl halides is 1. The summed E-state index contributed by atoms with van der Waals surface area (Å²) in [5.41, 5.74) is 0.0707. The predicted octanol–water partition coefficient (Wildman–Crippen LogP) is 1.93. The molecule has 6 heteroatoms. The number of benzene rings is 1. The minimum Gasteiger partial charge on any atom is -0.461 e. The molecule has 1 rings (SSSR count). The highest BCUT2D eigenvalue weighted by Crippen LogP contribution is 2.20. The fourth-order valence-corrected chi connectivity index (χ4v) is 1.03. The molecule has 1 aromatic rings. The molecule has 0 amide bonds. The average molecular weight is 241 g/mol. The van der Waals surface area contributed by atoms with Gasteiger partial charge in [-0.2, -0.15) is 9.65 Å². The number of carbonyl (C=O) groups excluding carboxylic acids is 1. The van der Waals surface area contributed by atoms with Gasteiger partial charge in [0.15, 0.2) is 11.6 Å². The molecule has 0 bridgehead atoms. The molecule has 90 valence electrons. The Labute approximate surface area is 96.4 Å². The minimum absolute atomic E-state index is 0.00152. The number of rotatable bonds is 4. The molecule has 1 atom stereocenters. The molecule has 0 aliphatic rings. The first-order chi connectivity index (χ1) is 8.08. The minimum atomic E-state index is -2.39. The SMILES string of the molecule is CCOC(=O)C(F)Oc1ccc(C#N)cc1F. The van der Waals surface area contributed by atoms with Gasteiger partial charge < -0.3 is 9.47 Å². The average Bonchev–Trinajstić information content (AvgIpc) is 2.31. The summed E-state index contributed by atoms with van der Waals surface area (Å²) in [7, 11) is 0. The van der Waals surface area contributed by atoms with E-state index in [4.69, 9.17) is 5.26 Å². The Morgan fingerprint density at radius 3 is 2.82 bits per heavy atom. The second kappa shape index (κ2) is 5.80. The third kappa shape index (κ3) is 3.41. The fourth-order valence-electron chi connectivity index (χ4n) is 1.03. The zero-order chi connectivity index (χ0) is 12.8. The van der Waals surface area contributed by atoms with Gasteiger partial charge >= 0.3 is 12.3 Å². The molecule has 1 aromatic carbocycles. The van der Waals surface area contributed by atoms with Crippen LogP contribution in [0, 0.1) is 17.1 Å². The molecule has 0 aliphatic carbocycles. The maximum absolute atomic E-state index is 13.3. The van der Waals surface area contributed by atoms with Gasteiger partial charge in [-0.15, -0.1) is 0 Å². The molecule has 0 aromatic heterocycles. The highest BCUT2D eigenvalue weighted by Gasteiger charge is 2.21. The van der Waals surface area contributed by atoms with Crippen molar-refractivity contribution in [2.45, 2.75) is 13.3 Å². The van der Waals surface area contributed by atoms with Crippen LogP contribution in [0.15, 0.2) is 18.2 Å². The van der Waals surface area contributed by atoms with Crippen molar-refractivity contribution in [2.24, 2.45) is 0 Å². The summed E-state index contributed by atoms with van der Waals surface area (Å²) in [6.45, 7) is 1.51. The van der Waals surface area contributed by atoms with Crippen molar-refractivity contribution in [1.29, 1.82) is 5.26 Å². The van der Waals surface area contributed by atoms with E-state index >= 15 is 0 Å². The lowest BCUT2D eigenvalue weighted by atomic mass is 10.2. The van der Waals surface area contributed by atoms with E-state index in [-0.39, 0.29) is 12.2 Å². The highest BCUT2D eigenvalue weighted by molar-refractivity contribution is 5.73. The van der Waals surface area contributed by atoms with Crippen molar-refractivity contribution < 1.29 is 23.0 Å². The van der Waals surface area contributed by atoms with Crippen molar-refractivity contribution in [3.63, 3.8) is 0 Å². The summed E-state index contributed by atoms with van der Waals surface area (Å²) in [6, 6.07) is 4.91. The van der Waals surface area contributed by atoms with E-state index in [0.29, 0.717) is 0 Å². The van der Waals surface area contributed by atoms with E-state index in [1.165, 1.54) is 13.0 Å². The number of nitrogens with zero attached hydrogens (tertiary/aromatic N) is 1.